The van der Waals surface area contributed by atoms with Crippen molar-refractivity contribution in [3.63, 3.8) is 0 Å². The first-order valence-electron chi connectivity index (χ1n) is 4.83. The van der Waals surface area contributed by atoms with Gasteiger partial charge < -0.3 is 9.84 Å². The summed E-state index contributed by atoms with van der Waals surface area (Å²) in [6, 6.07) is 6.14. The Hall–Kier alpha value is -1.28. The number of fused-ring (bicyclic) bond motifs is 1. The third-order valence-electron chi connectivity index (χ3n) is 2.38. The maximum Gasteiger partial charge on any atom is 0.122 e. The van der Waals surface area contributed by atoms with Crippen LogP contribution in [-0.2, 0) is 6.42 Å². The van der Waals surface area contributed by atoms with Crippen LogP contribution >= 0.6 is 0 Å². The van der Waals surface area contributed by atoms with E-state index in [0.29, 0.717) is 0 Å². The molecule has 74 valence electrons. The summed E-state index contributed by atoms with van der Waals surface area (Å²) in [5.74, 6) is 1.00. The summed E-state index contributed by atoms with van der Waals surface area (Å²) in [5, 5.41) is 8.90. The van der Waals surface area contributed by atoms with E-state index in [1.165, 1.54) is 5.56 Å². The average Bonchev–Trinajstić information content (AvgIpc) is 2.64. The average molecular weight is 190 g/mol. The summed E-state index contributed by atoms with van der Waals surface area (Å²) in [6.45, 7) is 2.83. The molecule has 0 saturated heterocycles. The van der Waals surface area contributed by atoms with E-state index in [1.54, 1.807) is 0 Å². The summed E-state index contributed by atoms with van der Waals surface area (Å²) in [4.78, 5) is 0. The first kappa shape index (κ1) is 9.28. The quantitative estimate of drug-likeness (QED) is 0.773. The fourth-order valence-electron chi connectivity index (χ4n) is 1.63. The molecule has 0 spiro atoms. The zero-order valence-electron chi connectivity index (χ0n) is 8.29. The molecule has 1 aliphatic heterocycles. The Balaban J connectivity index is 2.29. The molecule has 1 heterocycles. The molecule has 0 bridgehead atoms. The van der Waals surface area contributed by atoms with Crippen LogP contribution in [0.5, 0.6) is 5.75 Å². The van der Waals surface area contributed by atoms with Gasteiger partial charge in [0.25, 0.3) is 0 Å². The van der Waals surface area contributed by atoms with Gasteiger partial charge in [0.15, 0.2) is 0 Å². The van der Waals surface area contributed by atoms with Crippen molar-refractivity contribution in [2.45, 2.75) is 13.3 Å². The predicted molar refractivity (Wildman–Crippen MR) is 56.4 cm³/mol. The Morgan fingerprint density at radius 3 is 3.21 bits per heavy atom. The lowest BCUT2D eigenvalue weighted by Crippen LogP contribution is -1.85. The van der Waals surface area contributed by atoms with Gasteiger partial charge in [-0.05, 0) is 35.8 Å². The second-order valence-electron chi connectivity index (χ2n) is 3.61. The number of aliphatic hydroxyl groups excluding tert-OH is 1. The molecule has 0 saturated carbocycles. The minimum Gasteiger partial charge on any atom is -0.493 e. The third-order valence-corrected chi connectivity index (χ3v) is 2.38. The van der Waals surface area contributed by atoms with Crippen molar-refractivity contribution in [3.8, 4) is 5.75 Å². The third kappa shape index (κ3) is 1.80. The number of ether oxygens (including phenoxy) is 1. The Labute approximate surface area is 83.8 Å². The highest BCUT2D eigenvalue weighted by molar-refractivity contribution is 5.56. The molecule has 2 heteroatoms. The van der Waals surface area contributed by atoms with Crippen molar-refractivity contribution >= 4 is 6.08 Å². The van der Waals surface area contributed by atoms with Crippen LogP contribution in [0.4, 0.5) is 0 Å². The number of hydrogen-bond donors (Lipinski definition) is 1. The van der Waals surface area contributed by atoms with E-state index in [-0.39, 0.29) is 6.61 Å². The molecule has 0 aromatic heterocycles. The second-order valence-corrected chi connectivity index (χ2v) is 3.61. The molecule has 1 aromatic carbocycles. The highest BCUT2D eigenvalue weighted by Gasteiger charge is 2.10. The van der Waals surface area contributed by atoms with Gasteiger partial charge in [0, 0.05) is 6.42 Å². The van der Waals surface area contributed by atoms with Gasteiger partial charge in [-0.1, -0.05) is 12.1 Å². The van der Waals surface area contributed by atoms with Gasteiger partial charge in [0.1, 0.15) is 5.75 Å². The summed E-state index contributed by atoms with van der Waals surface area (Å²) >= 11 is 0. The van der Waals surface area contributed by atoms with Crippen LogP contribution < -0.4 is 4.74 Å². The molecule has 2 nitrogen and oxygen atoms in total. The van der Waals surface area contributed by atoms with Crippen LogP contribution in [0.2, 0.25) is 0 Å². The second kappa shape index (κ2) is 3.84. The molecule has 0 amide bonds. The minimum absolute atomic E-state index is 0.119. The van der Waals surface area contributed by atoms with Crippen molar-refractivity contribution < 1.29 is 9.84 Å². The van der Waals surface area contributed by atoms with Crippen LogP contribution in [0, 0.1) is 0 Å². The molecule has 1 N–H and O–H groups in total. The predicted octanol–water partition coefficient (Wildman–Crippen LogP) is 2.02. The Morgan fingerprint density at radius 1 is 1.57 bits per heavy atom. The lowest BCUT2D eigenvalue weighted by molar-refractivity contribution is 0.332. The maximum atomic E-state index is 8.90. The minimum atomic E-state index is 0.119. The number of aliphatic hydroxyl groups is 1. The van der Waals surface area contributed by atoms with Crippen molar-refractivity contribution in [1.82, 2.24) is 0 Å². The fraction of sp³-hybridized carbons (Fsp3) is 0.333. The molecule has 2 rings (SSSR count). The van der Waals surface area contributed by atoms with Gasteiger partial charge in [0.05, 0.1) is 13.2 Å². The van der Waals surface area contributed by atoms with E-state index >= 15 is 0 Å². The highest BCUT2D eigenvalue weighted by atomic mass is 16.5. The first-order valence-corrected chi connectivity index (χ1v) is 4.83. The summed E-state index contributed by atoms with van der Waals surface area (Å²) < 4.78 is 5.41. The van der Waals surface area contributed by atoms with Crippen LogP contribution in [-0.4, -0.2) is 18.3 Å². The maximum absolute atomic E-state index is 8.90. The zero-order valence-corrected chi connectivity index (χ0v) is 8.29. The van der Waals surface area contributed by atoms with E-state index in [2.05, 4.69) is 6.07 Å². The summed E-state index contributed by atoms with van der Waals surface area (Å²) in [5.41, 5.74) is 3.38. The standard InChI is InChI=1S/C12H14O2/c1-9(8-13)6-10-2-3-12-11(7-10)4-5-14-12/h2-3,6-7,13H,4-5,8H2,1H3. The summed E-state index contributed by atoms with van der Waals surface area (Å²) in [7, 11) is 0. The number of benzene rings is 1. The van der Waals surface area contributed by atoms with E-state index < -0.39 is 0 Å². The van der Waals surface area contributed by atoms with Crippen molar-refractivity contribution in [3.05, 3.63) is 34.9 Å². The Morgan fingerprint density at radius 2 is 2.43 bits per heavy atom. The molecule has 1 aromatic rings. The molecular formula is C12H14O2. The highest BCUT2D eigenvalue weighted by Crippen LogP contribution is 2.26. The SMILES string of the molecule is CC(=Cc1ccc2c(c1)CCO2)CO. The number of hydrogen-bond acceptors (Lipinski definition) is 2. The van der Waals surface area contributed by atoms with Crippen molar-refractivity contribution in [1.29, 1.82) is 0 Å². The monoisotopic (exact) mass is 190 g/mol. The van der Waals surface area contributed by atoms with Gasteiger partial charge in [-0.3, -0.25) is 0 Å². The van der Waals surface area contributed by atoms with Crippen molar-refractivity contribution in [2.24, 2.45) is 0 Å². The van der Waals surface area contributed by atoms with Gasteiger partial charge in [-0.25, -0.2) is 0 Å². The lowest BCUT2D eigenvalue weighted by atomic mass is 10.1. The van der Waals surface area contributed by atoms with Crippen LogP contribution in [0.1, 0.15) is 18.1 Å². The van der Waals surface area contributed by atoms with E-state index in [0.717, 1.165) is 29.9 Å². The largest absolute Gasteiger partial charge is 0.493 e. The van der Waals surface area contributed by atoms with Gasteiger partial charge in [-0.2, -0.15) is 0 Å². The summed E-state index contributed by atoms with van der Waals surface area (Å²) in [6.07, 6.45) is 2.99. The zero-order chi connectivity index (χ0) is 9.97. The molecule has 0 atom stereocenters. The lowest BCUT2D eigenvalue weighted by Gasteiger charge is -2.01. The number of rotatable bonds is 2. The van der Waals surface area contributed by atoms with Crippen LogP contribution in [0.15, 0.2) is 23.8 Å². The Kier molecular flexibility index (Phi) is 2.55. The van der Waals surface area contributed by atoms with Crippen LogP contribution in [0.25, 0.3) is 6.08 Å². The van der Waals surface area contributed by atoms with E-state index in [1.807, 2.05) is 25.1 Å². The molecule has 0 unspecified atom stereocenters. The molecule has 0 radical (unpaired) electrons. The van der Waals surface area contributed by atoms with Gasteiger partial charge in [0.2, 0.25) is 0 Å². The van der Waals surface area contributed by atoms with E-state index in [9.17, 15) is 0 Å². The normalized spacial score (nSPS) is 15.1. The van der Waals surface area contributed by atoms with Crippen molar-refractivity contribution in [2.75, 3.05) is 13.2 Å². The van der Waals surface area contributed by atoms with Crippen LogP contribution in [0.3, 0.4) is 0 Å². The molecule has 14 heavy (non-hydrogen) atoms. The Bertz CT molecular complexity index is 367. The molecule has 1 aliphatic rings. The van der Waals surface area contributed by atoms with Gasteiger partial charge in [-0.15, -0.1) is 0 Å². The van der Waals surface area contributed by atoms with E-state index in [4.69, 9.17) is 9.84 Å². The molecular weight excluding hydrogens is 176 g/mol. The smallest absolute Gasteiger partial charge is 0.122 e. The molecule has 0 fully saturated rings. The topological polar surface area (TPSA) is 29.5 Å². The fourth-order valence-corrected chi connectivity index (χ4v) is 1.63. The molecule has 0 aliphatic carbocycles. The van der Waals surface area contributed by atoms with Gasteiger partial charge >= 0.3 is 0 Å². The first-order chi connectivity index (χ1) is 6.79.